The summed E-state index contributed by atoms with van der Waals surface area (Å²) < 4.78 is 0. The highest BCUT2D eigenvalue weighted by molar-refractivity contribution is 5.34. The van der Waals surface area contributed by atoms with E-state index < -0.39 is 0 Å². The van der Waals surface area contributed by atoms with Gasteiger partial charge in [-0.3, -0.25) is 4.98 Å². The Kier molecular flexibility index (Phi) is 4.35. The van der Waals surface area contributed by atoms with Crippen molar-refractivity contribution >= 4 is 0 Å². The molecule has 2 aromatic rings. The van der Waals surface area contributed by atoms with E-state index in [4.69, 9.17) is 0 Å². The second-order valence-corrected chi connectivity index (χ2v) is 6.10. The van der Waals surface area contributed by atoms with E-state index in [1.54, 1.807) is 0 Å². The quantitative estimate of drug-likeness (QED) is 0.870. The topological polar surface area (TPSA) is 24.9 Å². The molecule has 1 fully saturated rings. The molecule has 110 valence electrons. The fraction of sp³-hybridized carbons (Fsp3) is 0.421. The molecule has 0 aliphatic heterocycles. The molecule has 1 heterocycles. The lowest BCUT2D eigenvalue weighted by molar-refractivity contribution is 0.687. The summed E-state index contributed by atoms with van der Waals surface area (Å²) in [6, 6.07) is 11.9. The fourth-order valence-corrected chi connectivity index (χ4v) is 2.54. The highest BCUT2D eigenvalue weighted by Crippen LogP contribution is 2.20. The molecule has 1 aromatic carbocycles. The third-order valence-electron chi connectivity index (χ3n) is 4.25. The number of pyridine rings is 1. The lowest BCUT2D eigenvalue weighted by Gasteiger charge is -2.10. The van der Waals surface area contributed by atoms with Crippen LogP contribution in [0, 0.1) is 6.92 Å². The summed E-state index contributed by atoms with van der Waals surface area (Å²) in [7, 11) is 0. The highest BCUT2D eigenvalue weighted by atomic mass is 14.9. The molecule has 0 spiro atoms. The molecule has 1 aliphatic rings. The molecule has 2 heteroatoms. The van der Waals surface area contributed by atoms with Crippen molar-refractivity contribution in [1.82, 2.24) is 10.3 Å². The standard InChI is InChI=1S/C19H24N2/c1-3-15-6-7-19(21-12-15)11-17-10-16(5-4-14(17)2)13-20-18-8-9-18/h4-7,10,12,18,20H,3,8-9,11,13H2,1-2H3. The van der Waals surface area contributed by atoms with Crippen LogP contribution in [-0.4, -0.2) is 11.0 Å². The van der Waals surface area contributed by atoms with Crippen LogP contribution in [0.2, 0.25) is 0 Å². The van der Waals surface area contributed by atoms with E-state index >= 15 is 0 Å². The minimum Gasteiger partial charge on any atom is -0.310 e. The van der Waals surface area contributed by atoms with E-state index in [1.165, 1.54) is 35.1 Å². The maximum atomic E-state index is 4.58. The predicted molar refractivity (Wildman–Crippen MR) is 87.5 cm³/mol. The van der Waals surface area contributed by atoms with Crippen LogP contribution in [0.5, 0.6) is 0 Å². The summed E-state index contributed by atoms with van der Waals surface area (Å²) in [6.07, 6.45) is 6.66. The van der Waals surface area contributed by atoms with Gasteiger partial charge in [-0.25, -0.2) is 0 Å². The van der Waals surface area contributed by atoms with Gasteiger partial charge < -0.3 is 5.32 Å². The molecule has 1 aliphatic carbocycles. The Balaban J connectivity index is 1.71. The second-order valence-electron chi connectivity index (χ2n) is 6.10. The van der Waals surface area contributed by atoms with Crippen molar-refractivity contribution in [1.29, 1.82) is 0 Å². The highest BCUT2D eigenvalue weighted by Gasteiger charge is 2.19. The van der Waals surface area contributed by atoms with Crippen LogP contribution in [0.3, 0.4) is 0 Å². The Hall–Kier alpha value is -1.67. The van der Waals surface area contributed by atoms with Gasteiger partial charge in [0.05, 0.1) is 0 Å². The van der Waals surface area contributed by atoms with Gasteiger partial charge in [-0.2, -0.15) is 0 Å². The van der Waals surface area contributed by atoms with E-state index in [9.17, 15) is 0 Å². The van der Waals surface area contributed by atoms with E-state index in [2.05, 4.69) is 54.5 Å². The number of nitrogens with one attached hydrogen (secondary N) is 1. The van der Waals surface area contributed by atoms with Gasteiger partial charge in [-0.15, -0.1) is 0 Å². The molecule has 1 aromatic heterocycles. The minimum absolute atomic E-state index is 0.762. The number of benzene rings is 1. The van der Waals surface area contributed by atoms with E-state index in [0.29, 0.717) is 0 Å². The van der Waals surface area contributed by atoms with Crippen molar-refractivity contribution in [3.8, 4) is 0 Å². The molecule has 0 unspecified atom stereocenters. The fourth-order valence-electron chi connectivity index (χ4n) is 2.54. The molecule has 1 N–H and O–H groups in total. The van der Waals surface area contributed by atoms with Crippen LogP contribution < -0.4 is 5.32 Å². The SMILES string of the molecule is CCc1ccc(Cc2cc(CNC3CC3)ccc2C)nc1. The lowest BCUT2D eigenvalue weighted by atomic mass is 10.00. The predicted octanol–water partition coefficient (Wildman–Crippen LogP) is 3.80. The summed E-state index contributed by atoms with van der Waals surface area (Å²) in [5.41, 5.74) is 6.58. The largest absolute Gasteiger partial charge is 0.310 e. The van der Waals surface area contributed by atoms with Crippen LogP contribution in [0.15, 0.2) is 36.5 Å². The van der Waals surface area contributed by atoms with Crippen molar-refractivity contribution < 1.29 is 0 Å². The minimum atomic E-state index is 0.762. The van der Waals surface area contributed by atoms with Gasteiger partial charge in [0, 0.05) is 30.9 Å². The molecule has 0 amide bonds. The van der Waals surface area contributed by atoms with Crippen molar-refractivity contribution in [2.75, 3.05) is 0 Å². The van der Waals surface area contributed by atoms with Crippen molar-refractivity contribution in [2.45, 2.75) is 52.1 Å². The van der Waals surface area contributed by atoms with E-state index in [0.717, 1.165) is 31.1 Å². The monoisotopic (exact) mass is 280 g/mol. The van der Waals surface area contributed by atoms with Gasteiger partial charge in [0.15, 0.2) is 0 Å². The number of nitrogens with zero attached hydrogens (tertiary/aromatic N) is 1. The summed E-state index contributed by atoms with van der Waals surface area (Å²) in [4.78, 5) is 4.58. The number of aryl methyl sites for hydroxylation is 2. The van der Waals surface area contributed by atoms with Gasteiger partial charge in [-0.05, 0) is 54.5 Å². The zero-order valence-corrected chi connectivity index (χ0v) is 13.0. The Morgan fingerprint density at radius 3 is 2.62 bits per heavy atom. The van der Waals surface area contributed by atoms with E-state index in [1.807, 2.05) is 6.20 Å². The van der Waals surface area contributed by atoms with Crippen LogP contribution in [0.1, 0.15) is 47.7 Å². The van der Waals surface area contributed by atoms with E-state index in [-0.39, 0.29) is 0 Å². The molecule has 0 bridgehead atoms. The van der Waals surface area contributed by atoms with Crippen molar-refractivity contribution in [3.63, 3.8) is 0 Å². The molecular formula is C19H24N2. The second kappa shape index (κ2) is 6.40. The number of hydrogen-bond acceptors (Lipinski definition) is 2. The van der Waals surface area contributed by atoms with Gasteiger partial charge >= 0.3 is 0 Å². The third kappa shape index (κ3) is 3.92. The Bertz CT molecular complexity index is 597. The van der Waals surface area contributed by atoms with Crippen molar-refractivity contribution in [2.24, 2.45) is 0 Å². The first-order valence-electron chi connectivity index (χ1n) is 8.00. The summed E-state index contributed by atoms with van der Waals surface area (Å²) >= 11 is 0. The van der Waals surface area contributed by atoms with Crippen LogP contribution in [0.25, 0.3) is 0 Å². The molecule has 3 rings (SSSR count). The van der Waals surface area contributed by atoms with Gasteiger partial charge in [0.1, 0.15) is 0 Å². The molecular weight excluding hydrogens is 256 g/mol. The molecule has 2 nitrogen and oxygen atoms in total. The maximum Gasteiger partial charge on any atom is 0.0447 e. The lowest BCUT2D eigenvalue weighted by Crippen LogP contribution is -2.15. The molecule has 21 heavy (non-hydrogen) atoms. The molecule has 0 saturated heterocycles. The Labute approximate surface area is 127 Å². The van der Waals surface area contributed by atoms with Crippen molar-refractivity contribution in [3.05, 3.63) is 64.5 Å². The number of aromatic nitrogens is 1. The zero-order chi connectivity index (χ0) is 14.7. The summed E-state index contributed by atoms with van der Waals surface area (Å²) in [6.45, 7) is 5.34. The average molecular weight is 280 g/mol. The molecule has 0 atom stereocenters. The first-order valence-corrected chi connectivity index (χ1v) is 8.00. The summed E-state index contributed by atoms with van der Waals surface area (Å²) in [5, 5.41) is 3.58. The van der Waals surface area contributed by atoms with Gasteiger partial charge in [0.2, 0.25) is 0 Å². The van der Waals surface area contributed by atoms with Crippen LogP contribution in [0.4, 0.5) is 0 Å². The number of hydrogen-bond donors (Lipinski definition) is 1. The molecule has 0 radical (unpaired) electrons. The first-order chi connectivity index (χ1) is 10.2. The summed E-state index contributed by atoms with van der Waals surface area (Å²) in [5.74, 6) is 0. The average Bonchev–Trinajstić information content (AvgIpc) is 3.33. The Morgan fingerprint density at radius 1 is 1.14 bits per heavy atom. The smallest absolute Gasteiger partial charge is 0.0447 e. The first kappa shape index (κ1) is 14.3. The maximum absolute atomic E-state index is 4.58. The zero-order valence-electron chi connectivity index (χ0n) is 13.0. The third-order valence-corrected chi connectivity index (χ3v) is 4.25. The normalized spacial score (nSPS) is 14.4. The van der Waals surface area contributed by atoms with Gasteiger partial charge in [0.25, 0.3) is 0 Å². The van der Waals surface area contributed by atoms with Crippen LogP contribution >= 0.6 is 0 Å². The van der Waals surface area contributed by atoms with Gasteiger partial charge in [-0.1, -0.05) is 31.2 Å². The van der Waals surface area contributed by atoms with Crippen LogP contribution in [-0.2, 0) is 19.4 Å². The molecule has 1 saturated carbocycles. The number of rotatable bonds is 6. The Morgan fingerprint density at radius 2 is 1.95 bits per heavy atom.